The SMILES string of the molecule is c1ccc2c(-c3ccnc(N4CCN(Cc5ccncc5)CC4)c3)n[nH]c2c1. The molecule has 5 rings (SSSR count). The molecule has 4 heterocycles. The molecule has 28 heavy (non-hydrogen) atoms. The summed E-state index contributed by atoms with van der Waals surface area (Å²) in [5, 5.41) is 8.79. The molecular formula is C22H22N6. The van der Waals surface area contributed by atoms with E-state index in [0.717, 1.165) is 60.7 Å². The zero-order valence-electron chi connectivity index (χ0n) is 15.6. The normalized spacial score (nSPS) is 15.2. The number of piperazine rings is 1. The van der Waals surface area contributed by atoms with Crippen LogP contribution in [0.5, 0.6) is 0 Å². The van der Waals surface area contributed by atoms with Crippen LogP contribution in [0.25, 0.3) is 22.2 Å². The molecule has 1 saturated heterocycles. The molecule has 1 aliphatic rings. The molecule has 0 unspecified atom stereocenters. The van der Waals surface area contributed by atoms with Crippen molar-refractivity contribution >= 4 is 16.7 Å². The predicted molar refractivity (Wildman–Crippen MR) is 111 cm³/mol. The number of rotatable bonds is 4. The van der Waals surface area contributed by atoms with Crippen LogP contribution in [-0.4, -0.2) is 51.2 Å². The quantitative estimate of drug-likeness (QED) is 0.597. The minimum absolute atomic E-state index is 0.975. The molecule has 0 amide bonds. The lowest BCUT2D eigenvalue weighted by atomic mass is 10.1. The molecular weight excluding hydrogens is 348 g/mol. The van der Waals surface area contributed by atoms with Crippen LogP contribution in [-0.2, 0) is 6.54 Å². The van der Waals surface area contributed by atoms with Crippen molar-refractivity contribution in [2.45, 2.75) is 6.54 Å². The van der Waals surface area contributed by atoms with Crippen LogP contribution in [0.4, 0.5) is 5.82 Å². The van der Waals surface area contributed by atoms with Gasteiger partial charge in [0.15, 0.2) is 0 Å². The second kappa shape index (κ2) is 7.40. The van der Waals surface area contributed by atoms with Crippen molar-refractivity contribution in [2.75, 3.05) is 31.1 Å². The summed E-state index contributed by atoms with van der Waals surface area (Å²) in [6.07, 6.45) is 5.61. The smallest absolute Gasteiger partial charge is 0.129 e. The summed E-state index contributed by atoms with van der Waals surface area (Å²) in [7, 11) is 0. The second-order valence-corrected chi connectivity index (χ2v) is 7.14. The van der Waals surface area contributed by atoms with Gasteiger partial charge in [-0.1, -0.05) is 18.2 Å². The van der Waals surface area contributed by atoms with Crippen molar-refractivity contribution in [2.24, 2.45) is 0 Å². The third-order valence-electron chi connectivity index (χ3n) is 5.34. The van der Waals surface area contributed by atoms with E-state index in [-0.39, 0.29) is 0 Å². The topological polar surface area (TPSA) is 60.9 Å². The lowest BCUT2D eigenvalue weighted by Crippen LogP contribution is -2.46. The number of para-hydroxylation sites is 1. The fourth-order valence-electron chi connectivity index (χ4n) is 3.80. The first-order chi connectivity index (χ1) is 13.9. The van der Waals surface area contributed by atoms with Gasteiger partial charge >= 0.3 is 0 Å². The van der Waals surface area contributed by atoms with Gasteiger partial charge in [-0.05, 0) is 35.9 Å². The largest absolute Gasteiger partial charge is 0.354 e. The third kappa shape index (κ3) is 3.34. The highest BCUT2D eigenvalue weighted by atomic mass is 15.3. The Hall–Kier alpha value is -3.25. The summed E-state index contributed by atoms with van der Waals surface area (Å²) in [5.41, 5.74) is 4.45. The molecule has 140 valence electrons. The summed E-state index contributed by atoms with van der Waals surface area (Å²) < 4.78 is 0. The zero-order chi connectivity index (χ0) is 18.8. The van der Waals surface area contributed by atoms with E-state index in [1.54, 1.807) is 0 Å². The summed E-state index contributed by atoms with van der Waals surface area (Å²) in [5.74, 6) is 1.02. The minimum Gasteiger partial charge on any atom is -0.354 e. The molecule has 3 aromatic heterocycles. The molecule has 0 bridgehead atoms. The lowest BCUT2D eigenvalue weighted by molar-refractivity contribution is 0.249. The maximum absolute atomic E-state index is 4.62. The van der Waals surface area contributed by atoms with Crippen LogP contribution in [0, 0.1) is 0 Å². The van der Waals surface area contributed by atoms with E-state index < -0.39 is 0 Å². The Balaban J connectivity index is 1.31. The van der Waals surface area contributed by atoms with E-state index in [2.05, 4.69) is 60.3 Å². The van der Waals surface area contributed by atoms with Gasteiger partial charge in [0.1, 0.15) is 11.5 Å². The van der Waals surface area contributed by atoms with Crippen LogP contribution in [0.1, 0.15) is 5.56 Å². The van der Waals surface area contributed by atoms with Crippen LogP contribution < -0.4 is 4.90 Å². The monoisotopic (exact) mass is 370 g/mol. The summed E-state index contributed by atoms with van der Waals surface area (Å²) in [6, 6.07) is 16.6. The Labute approximate surface area is 163 Å². The number of aromatic amines is 1. The van der Waals surface area contributed by atoms with Crippen molar-refractivity contribution in [3.63, 3.8) is 0 Å². The molecule has 6 nitrogen and oxygen atoms in total. The molecule has 6 heteroatoms. The zero-order valence-corrected chi connectivity index (χ0v) is 15.6. The molecule has 1 fully saturated rings. The Bertz CT molecular complexity index is 1070. The number of pyridine rings is 2. The van der Waals surface area contributed by atoms with Gasteiger partial charge in [-0.3, -0.25) is 15.0 Å². The van der Waals surface area contributed by atoms with E-state index >= 15 is 0 Å². The van der Waals surface area contributed by atoms with Crippen molar-refractivity contribution in [1.82, 2.24) is 25.1 Å². The number of aromatic nitrogens is 4. The van der Waals surface area contributed by atoms with E-state index in [9.17, 15) is 0 Å². The average Bonchev–Trinajstić information content (AvgIpc) is 3.19. The summed E-state index contributed by atoms with van der Waals surface area (Å²) >= 11 is 0. The van der Waals surface area contributed by atoms with Crippen molar-refractivity contribution in [3.8, 4) is 11.3 Å². The number of nitrogens with zero attached hydrogens (tertiary/aromatic N) is 5. The van der Waals surface area contributed by atoms with E-state index in [4.69, 9.17) is 0 Å². The van der Waals surface area contributed by atoms with Crippen molar-refractivity contribution in [3.05, 3.63) is 72.7 Å². The third-order valence-corrected chi connectivity index (χ3v) is 5.34. The summed E-state index contributed by atoms with van der Waals surface area (Å²) in [4.78, 5) is 13.6. The molecule has 0 atom stereocenters. The maximum atomic E-state index is 4.62. The first kappa shape index (κ1) is 16.9. The van der Waals surface area contributed by atoms with Gasteiger partial charge in [0.05, 0.1) is 5.52 Å². The molecule has 1 N–H and O–H groups in total. The number of anilines is 1. The van der Waals surface area contributed by atoms with Gasteiger partial charge in [-0.25, -0.2) is 4.98 Å². The molecule has 0 radical (unpaired) electrons. The van der Waals surface area contributed by atoms with Crippen LogP contribution >= 0.6 is 0 Å². The molecule has 0 saturated carbocycles. The van der Waals surface area contributed by atoms with E-state index in [0.29, 0.717) is 0 Å². The van der Waals surface area contributed by atoms with E-state index in [1.165, 1.54) is 5.56 Å². The first-order valence-electron chi connectivity index (χ1n) is 9.62. The van der Waals surface area contributed by atoms with E-state index in [1.807, 2.05) is 36.8 Å². The molecule has 0 spiro atoms. The summed E-state index contributed by atoms with van der Waals surface area (Å²) in [6.45, 7) is 4.98. The van der Waals surface area contributed by atoms with Crippen LogP contribution in [0.15, 0.2) is 67.1 Å². The number of H-pyrrole nitrogens is 1. The van der Waals surface area contributed by atoms with Gasteiger partial charge in [-0.2, -0.15) is 5.10 Å². The highest BCUT2D eigenvalue weighted by molar-refractivity contribution is 5.93. The predicted octanol–water partition coefficient (Wildman–Crippen LogP) is 3.34. The maximum Gasteiger partial charge on any atom is 0.129 e. The van der Waals surface area contributed by atoms with Crippen LogP contribution in [0.3, 0.4) is 0 Å². The number of nitrogens with one attached hydrogen (secondary N) is 1. The van der Waals surface area contributed by atoms with Crippen molar-refractivity contribution in [1.29, 1.82) is 0 Å². The van der Waals surface area contributed by atoms with Crippen molar-refractivity contribution < 1.29 is 0 Å². The standard InChI is InChI=1S/C22H22N6/c1-2-4-20-19(3-1)22(26-25-20)18-7-10-24-21(15-18)28-13-11-27(12-14-28)16-17-5-8-23-9-6-17/h1-10,15H,11-14,16H2,(H,25,26). The minimum atomic E-state index is 0.975. The number of hydrogen-bond acceptors (Lipinski definition) is 5. The highest BCUT2D eigenvalue weighted by Crippen LogP contribution is 2.28. The molecule has 0 aliphatic carbocycles. The van der Waals surface area contributed by atoms with Gasteiger partial charge in [0.2, 0.25) is 0 Å². The Morgan fingerprint density at radius 1 is 0.893 bits per heavy atom. The van der Waals surface area contributed by atoms with Gasteiger partial charge in [0, 0.05) is 62.3 Å². The average molecular weight is 370 g/mol. The molecule has 4 aromatic rings. The van der Waals surface area contributed by atoms with Gasteiger partial charge in [-0.15, -0.1) is 0 Å². The number of fused-ring (bicyclic) bond motifs is 1. The molecule has 1 aromatic carbocycles. The fourth-order valence-corrected chi connectivity index (χ4v) is 3.80. The van der Waals surface area contributed by atoms with Gasteiger partial charge in [0.25, 0.3) is 0 Å². The molecule has 1 aliphatic heterocycles. The first-order valence-corrected chi connectivity index (χ1v) is 9.62. The van der Waals surface area contributed by atoms with Gasteiger partial charge < -0.3 is 4.90 Å². The Kier molecular flexibility index (Phi) is 4.47. The second-order valence-electron chi connectivity index (χ2n) is 7.14. The Morgan fingerprint density at radius 3 is 2.57 bits per heavy atom. The fraction of sp³-hybridized carbons (Fsp3) is 0.227. The number of benzene rings is 1. The van der Waals surface area contributed by atoms with Crippen LogP contribution in [0.2, 0.25) is 0 Å². The number of hydrogen-bond donors (Lipinski definition) is 1. The Morgan fingerprint density at radius 2 is 1.71 bits per heavy atom. The lowest BCUT2D eigenvalue weighted by Gasteiger charge is -2.35. The highest BCUT2D eigenvalue weighted by Gasteiger charge is 2.19.